The highest BCUT2D eigenvalue weighted by Crippen LogP contribution is 2.31. The maximum absolute atomic E-state index is 6.08. The van der Waals surface area contributed by atoms with E-state index in [0.29, 0.717) is 5.28 Å². The predicted octanol–water partition coefficient (Wildman–Crippen LogP) is 3.41. The Labute approximate surface area is 133 Å². The van der Waals surface area contributed by atoms with E-state index < -0.39 is 0 Å². The lowest BCUT2D eigenvalue weighted by molar-refractivity contribution is 0.187. The third kappa shape index (κ3) is 2.62. The summed E-state index contributed by atoms with van der Waals surface area (Å²) in [6.07, 6.45) is 5.58. The van der Waals surface area contributed by atoms with Gasteiger partial charge in [0, 0.05) is 32.2 Å². The molecule has 1 saturated carbocycles. The summed E-state index contributed by atoms with van der Waals surface area (Å²) in [7, 11) is 0. The predicted molar refractivity (Wildman–Crippen MR) is 88.5 cm³/mol. The number of hydrogen-bond donors (Lipinski definition) is 0. The van der Waals surface area contributed by atoms with Crippen LogP contribution >= 0.6 is 22.9 Å². The van der Waals surface area contributed by atoms with E-state index in [1.807, 2.05) is 0 Å². The van der Waals surface area contributed by atoms with Gasteiger partial charge in [-0.05, 0) is 35.9 Å². The molecule has 0 radical (unpaired) electrons. The number of rotatable bonds is 2. The van der Waals surface area contributed by atoms with E-state index in [0.717, 1.165) is 48.3 Å². The van der Waals surface area contributed by atoms with Crippen molar-refractivity contribution in [3.63, 3.8) is 0 Å². The van der Waals surface area contributed by atoms with E-state index in [9.17, 15) is 0 Å². The summed E-state index contributed by atoms with van der Waals surface area (Å²) in [4.78, 5) is 14.8. The van der Waals surface area contributed by atoms with Gasteiger partial charge in [0.2, 0.25) is 5.28 Å². The molecule has 4 nitrogen and oxygen atoms in total. The Morgan fingerprint density at radius 1 is 1.10 bits per heavy atom. The zero-order valence-electron chi connectivity index (χ0n) is 12.0. The summed E-state index contributed by atoms with van der Waals surface area (Å²) < 4.78 is 0. The molecular weight excluding hydrogens is 304 g/mol. The van der Waals surface area contributed by atoms with Crippen LogP contribution in [0.4, 0.5) is 5.82 Å². The van der Waals surface area contributed by atoms with Crippen molar-refractivity contribution in [2.24, 2.45) is 0 Å². The van der Waals surface area contributed by atoms with Gasteiger partial charge in [0.1, 0.15) is 10.6 Å². The molecule has 3 heterocycles. The van der Waals surface area contributed by atoms with Gasteiger partial charge in [-0.2, -0.15) is 4.98 Å². The second kappa shape index (κ2) is 5.71. The Morgan fingerprint density at radius 2 is 1.86 bits per heavy atom. The lowest BCUT2D eigenvalue weighted by Gasteiger charge is -2.38. The van der Waals surface area contributed by atoms with Gasteiger partial charge in [0.25, 0.3) is 0 Å². The van der Waals surface area contributed by atoms with E-state index in [-0.39, 0.29) is 0 Å². The van der Waals surface area contributed by atoms with Crippen molar-refractivity contribution in [3.8, 4) is 0 Å². The zero-order chi connectivity index (χ0) is 14.2. The van der Waals surface area contributed by atoms with Crippen LogP contribution < -0.4 is 4.90 Å². The van der Waals surface area contributed by atoms with Gasteiger partial charge in [0.15, 0.2) is 0 Å². The summed E-state index contributed by atoms with van der Waals surface area (Å²) in [5, 5.41) is 3.56. The number of thiophene rings is 1. The second-order valence-electron chi connectivity index (χ2n) is 5.92. The van der Waals surface area contributed by atoms with E-state index in [1.54, 1.807) is 11.3 Å². The maximum Gasteiger partial charge on any atom is 0.225 e. The van der Waals surface area contributed by atoms with Crippen LogP contribution in [0, 0.1) is 0 Å². The summed E-state index contributed by atoms with van der Waals surface area (Å²) in [6, 6.07) is 2.93. The van der Waals surface area contributed by atoms with Crippen molar-refractivity contribution in [2.75, 3.05) is 31.1 Å². The molecule has 2 aromatic heterocycles. The normalized spacial score (nSPS) is 21.5. The number of anilines is 1. The van der Waals surface area contributed by atoms with Crippen molar-refractivity contribution < 1.29 is 0 Å². The van der Waals surface area contributed by atoms with Gasteiger partial charge < -0.3 is 4.90 Å². The Bertz CT molecular complexity index is 630. The fraction of sp³-hybridized carbons (Fsp3) is 0.600. The average molecular weight is 323 g/mol. The van der Waals surface area contributed by atoms with E-state index in [4.69, 9.17) is 11.6 Å². The molecule has 4 rings (SSSR count). The lowest BCUT2D eigenvalue weighted by Crippen LogP contribution is -2.50. The van der Waals surface area contributed by atoms with Crippen molar-refractivity contribution in [3.05, 3.63) is 16.7 Å². The quantitative estimate of drug-likeness (QED) is 0.793. The van der Waals surface area contributed by atoms with E-state index in [2.05, 4.69) is 31.2 Å². The molecule has 2 fully saturated rings. The molecule has 0 N–H and O–H groups in total. The van der Waals surface area contributed by atoms with Crippen LogP contribution in [0.1, 0.15) is 25.7 Å². The molecule has 0 spiro atoms. The van der Waals surface area contributed by atoms with Gasteiger partial charge in [-0.15, -0.1) is 11.3 Å². The van der Waals surface area contributed by atoms with Crippen LogP contribution in [0.2, 0.25) is 5.28 Å². The fourth-order valence-corrected chi connectivity index (χ4v) is 4.60. The highest BCUT2D eigenvalue weighted by Gasteiger charge is 2.27. The minimum absolute atomic E-state index is 0.359. The van der Waals surface area contributed by atoms with E-state index in [1.165, 1.54) is 25.7 Å². The zero-order valence-corrected chi connectivity index (χ0v) is 13.5. The Morgan fingerprint density at radius 3 is 2.62 bits per heavy atom. The maximum atomic E-state index is 6.08. The number of fused-ring (bicyclic) bond motifs is 1. The number of hydrogen-bond acceptors (Lipinski definition) is 5. The van der Waals surface area contributed by atoms with Crippen LogP contribution in [0.5, 0.6) is 0 Å². The third-order valence-electron chi connectivity index (χ3n) is 4.73. The average Bonchev–Trinajstić information content (AvgIpc) is 3.17. The Balaban J connectivity index is 1.53. The summed E-state index contributed by atoms with van der Waals surface area (Å²) >= 11 is 7.71. The summed E-state index contributed by atoms with van der Waals surface area (Å²) in [6.45, 7) is 4.35. The molecule has 1 aliphatic carbocycles. The smallest absolute Gasteiger partial charge is 0.225 e. The molecule has 2 aromatic rings. The van der Waals surface area contributed by atoms with Crippen LogP contribution in [0.3, 0.4) is 0 Å². The van der Waals surface area contributed by atoms with E-state index >= 15 is 0 Å². The molecule has 112 valence electrons. The standard InChI is InChI=1S/C15H19ClN4S/c16-15-17-13(12-5-10-21-14(12)18-15)20-8-6-19(7-9-20)11-3-1-2-4-11/h5,10-11H,1-4,6-9H2. The number of nitrogens with zero attached hydrogens (tertiary/aromatic N) is 4. The molecule has 0 amide bonds. The van der Waals surface area contributed by atoms with Crippen molar-refractivity contribution in [1.29, 1.82) is 0 Å². The van der Waals surface area contributed by atoms with Gasteiger partial charge in [0.05, 0.1) is 5.39 Å². The Kier molecular flexibility index (Phi) is 3.73. The molecule has 6 heteroatoms. The largest absolute Gasteiger partial charge is 0.353 e. The minimum Gasteiger partial charge on any atom is -0.353 e. The SMILES string of the molecule is Clc1nc(N2CCN(C3CCCC3)CC2)c2ccsc2n1. The minimum atomic E-state index is 0.359. The second-order valence-corrected chi connectivity index (χ2v) is 7.15. The fourth-order valence-electron chi connectivity index (χ4n) is 3.62. The van der Waals surface area contributed by atoms with Crippen molar-refractivity contribution >= 4 is 39.0 Å². The molecular formula is C15H19ClN4S. The molecule has 2 aliphatic rings. The number of halogens is 1. The molecule has 0 atom stereocenters. The van der Waals surface area contributed by atoms with Crippen LogP contribution in [-0.4, -0.2) is 47.1 Å². The highest BCUT2D eigenvalue weighted by molar-refractivity contribution is 7.16. The van der Waals surface area contributed by atoms with Gasteiger partial charge in [-0.25, -0.2) is 4.98 Å². The number of piperazine rings is 1. The van der Waals surface area contributed by atoms with Crippen molar-refractivity contribution in [1.82, 2.24) is 14.9 Å². The first-order chi connectivity index (χ1) is 10.3. The Hall–Kier alpha value is -0.910. The first-order valence-electron chi connectivity index (χ1n) is 7.71. The van der Waals surface area contributed by atoms with Gasteiger partial charge in [-0.3, -0.25) is 4.90 Å². The third-order valence-corrected chi connectivity index (χ3v) is 5.71. The van der Waals surface area contributed by atoms with Crippen LogP contribution in [-0.2, 0) is 0 Å². The first kappa shape index (κ1) is 13.7. The van der Waals surface area contributed by atoms with Crippen LogP contribution in [0.25, 0.3) is 10.2 Å². The summed E-state index contributed by atoms with van der Waals surface area (Å²) in [5.74, 6) is 1.01. The molecule has 1 saturated heterocycles. The summed E-state index contributed by atoms with van der Waals surface area (Å²) in [5.41, 5.74) is 0. The van der Waals surface area contributed by atoms with Gasteiger partial charge >= 0.3 is 0 Å². The van der Waals surface area contributed by atoms with Crippen LogP contribution in [0.15, 0.2) is 11.4 Å². The van der Waals surface area contributed by atoms with Gasteiger partial charge in [-0.1, -0.05) is 12.8 Å². The topological polar surface area (TPSA) is 32.3 Å². The highest BCUT2D eigenvalue weighted by atomic mass is 35.5. The molecule has 1 aliphatic heterocycles. The first-order valence-corrected chi connectivity index (χ1v) is 8.97. The lowest BCUT2D eigenvalue weighted by atomic mass is 10.2. The molecule has 21 heavy (non-hydrogen) atoms. The van der Waals surface area contributed by atoms with Crippen molar-refractivity contribution in [2.45, 2.75) is 31.7 Å². The molecule has 0 unspecified atom stereocenters. The number of aromatic nitrogens is 2. The monoisotopic (exact) mass is 322 g/mol. The molecule has 0 bridgehead atoms. The molecule has 0 aromatic carbocycles.